The molecule has 0 saturated carbocycles. The van der Waals surface area contributed by atoms with E-state index in [1.165, 1.54) is 5.56 Å². The molecular weight excluding hydrogens is 284 g/mol. The highest BCUT2D eigenvalue weighted by Crippen LogP contribution is 2.34. The van der Waals surface area contributed by atoms with Crippen molar-refractivity contribution in [3.05, 3.63) is 45.9 Å². The first-order chi connectivity index (χ1) is 8.74. The summed E-state index contributed by atoms with van der Waals surface area (Å²) in [4.78, 5) is 9.91. The molecule has 0 atom stereocenters. The van der Waals surface area contributed by atoms with Crippen molar-refractivity contribution < 1.29 is 0 Å². The van der Waals surface area contributed by atoms with Gasteiger partial charge in [0.2, 0.25) is 0 Å². The van der Waals surface area contributed by atoms with Gasteiger partial charge in [0.05, 0.1) is 14.9 Å². The number of pyridine rings is 1. The van der Waals surface area contributed by atoms with Gasteiger partial charge in [-0.2, -0.15) is 0 Å². The third-order valence-corrected chi connectivity index (χ3v) is 4.73. The lowest BCUT2D eigenvalue weighted by Gasteiger charge is -1.99. The first-order valence-corrected chi connectivity index (χ1v) is 7.43. The van der Waals surface area contributed by atoms with Crippen LogP contribution in [0.15, 0.2) is 36.0 Å². The summed E-state index contributed by atoms with van der Waals surface area (Å²) in [6, 6.07) is 5.90. The third kappa shape index (κ3) is 2.19. The molecule has 0 radical (unpaired) electrons. The van der Waals surface area contributed by atoms with E-state index in [9.17, 15) is 0 Å². The standard InChI is InChI=1S/C13H9ClN2S2/c1-8-4-5-15-6-9(8)13-16-10(7-17-13)11-2-3-12(14)18-11/h2-7H,1H3. The van der Waals surface area contributed by atoms with E-state index in [0.29, 0.717) is 0 Å². The van der Waals surface area contributed by atoms with Gasteiger partial charge in [0.25, 0.3) is 0 Å². The minimum Gasteiger partial charge on any atom is -0.264 e. The van der Waals surface area contributed by atoms with E-state index in [1.807, 2.05) is 24.4 Å². The van der Waals surface area contributed by atoms with Crippen LogP contribution in [0.1, 0.15) is 5.56 Å². The quantitative estimate of drug-likeness (QED) is 0.671. The lowest BCUT2D eigenvalue weighted by Crippen LogP contribution is -1.83. The number of hydrogen-bond donors (Lipinski definition) is 0. The number of nitrogens with zero attached hydrogens (tertiary/aromatic N) is 2. The predicted octanol–water partition coefficient (Wildman–Crippen LogP) is 4.90. The maximum Gasteiger partial charge on any atom is 0.125 e. The first-order valence-electron chi connectivity index (χ1n) is 5.36. The van der Waals surface area contributed by atoms with E-state index in [-0.39, 0.29) is 0 Å². The van der Waals surface area contributed by atoms with E-state index in [4.69, 9.17) is 11.6 Å². The van der Waals surface area contributed by atoms with E-state index in [1.54, 1.807) is 28.9 Å². The molecule has 3 heterocycles. The zero-order chi connectivity index (χ0) is 12.5. The summed E-state index contributed by atoms with van der Waals surface area (Å²) < 4.78 is 0.789. The van der Waals surface area contributed by atoms with Crippen molar-refractivity contribution in [3.8, 4) is 21.1 Å². The minimum atomic E-state index is 0.789. The molecule has 0 N–H and O–H groups in total. The fourth-order valence-corrected chi connectivity index (χ4v) is 3.62. The summed E-state index contributed by atoms with van der Waals surface area (Å²) in [5.41, 5.74) is 3.27. The summed E-state index contributed by atoms with van der Waals surface area (Å²) >= 11 is 9.12. The highest BCUT2D eigenvalue weighted by molar-refractivity contribution is 7.20. The monoisotopic (exact) mass is 292 g/mol. The second kappa shape index (κ2) is 4.80. The van der Waals surface area contributed by atoms with Gasteiger partial charge in [0.1, 0.15) is 5.01 Å². The van der Waals surface area contributed by atoms with Crippen LogP contribution in [-0.4, -0.2) is 9.97 Å². The van der Waals surface area contributed by atoms with Gasteiger partial charge in [0.15, 0.2) is 0 Å². The molecule has 18 heavy (non-hydrogen) atoms. The Kier molecular flexibility index (Phi) is 3.16. The molecule has 90 valence electrons. The average Bonchev–Trinajstić information content (AvgIpc) is 2.98. The normalized spacial score (nSPS) is 10.8. The SMILES string of the molecule is Cc1ccncc1-c1nc(-c2ccc(Cl)s2)cs1. The van der Waals surface area contributed by atoms with Gasteiger partial charge in [-0.15, -0.1) is 22.7 Å². The smallest absolute Gasteiger partial charge is 0.125 e. The van der Waals surface area contributed by atoms with Crippen LogP contribution in [0.3, 0.4) is 0 Å². The highest BCUT2D eigenvalue weighted by atomic mass is 35.5. The lowest BCUT2D eigenvalue weighted by molar-refractivity contribution is 1.27. The molecule has 2 nitrogen and oxygen atoms in total. The molecule has 0 aliphatic heterocycles. The van der Waals surface area contributed by atoms with Crippen molar-refractivity contribution in [2.45, 2.75) is 6.92 Å². The summed E-state index contributed by atoms with van der Waals surface area (Å²) in [6.07, 6.45) is 3.66. The molecule has 0 spiro atoms. The van der Waals surface area contributed by atoms with Crippen molar-refractivity contribution in [1.29, 1.82) is 0 Å². The van der Waals surface area contributed by atoms with E-state index in [0.717, 1.165) is 25.5 Å². The number of thiazole rings is 1. The van der Waals surface area contributed by atoms with E-state index in [2.05, 4.69) is 22.3 Å². The summed E-state index contributed by atoms with van der Waals surface area (Å²) in [5.74, 6) is 0. The number of rotatable bonds is 2. The van der Waals surface area contributed by atoms with Crippen molar-refractivity contribution in [3.63, 3.8) is 0 Å². The Morgan fingerprint density at radius 3 is 2.83 bits per heavy atom. The molecule has 0 fully saturated rings. The lowest BCUT2D eigenvalue weighted by atomic mass is 10.2. The van der Waals surface area contributed by atoms with Gasteiger partial charge in [0, 0.05) is 23.3 Å². The Morgan fingerprint density at radius 2 is 2.11 bits per heavy atom. The van der Waals surface area contributed by atoms with Gasteiger partial charge < -0.3 is 0 Å². The molecule has 3 aromatic rings. The fraction of sp³-hybridized carbons (Fsp3) is 0.0769. The second-order valence-corrected chi connectivity index (χ2v) is 6.41. The second-order valence-electron chi connectivity index (χ2n) is 3.83. The number of thiophene rings is 1. The van der Waals surface area contributed by atoms with Crippen LogP contribution in [0, 0.1) is 6.92 Å². The number of aromatic nitrogens is 2. The fourth-order valence-electron chi connectivity index (χ4n) is 1.65. The summed E-state index contributed by atoms with van der Waals surface area (Å²) in [6.45, 7) is 2.07. The van der Waals surface area contributed by atoms with Crippen LogP contribution in [0.4, 0.5) is 0 Å². The Bertz CT molecular complexity index is 688. The third-order valence-electron chi connectivity index (χ3n) is 2.60. The Hall–Kier alpha value is -1.23. The molecule has 3 aromatic heterocycles. The van der Waals surface area contributed by atoms with Gasteiger partial charge in [-0.3, -0.25) is 4.98 Å². The Morgan fingerprint density at radius 1 is 1.22 bits per heavy atom. The van der Waals surface area contributed by atoms with Gasteiger partial charge in [-0.25, -0.2) is 4.98 Å². The molecule has 0 saturated heterocycles. The number of hydrogen-bond acceptors (Lipinski definition) is 4. The molecule has 5 heteroatoms. The molecule has 3 rings (SSSR count). The average molecular weight is 293 g/mol. The molecule has 0 aromatic carbocycles. The van der Waals surface area contributed by atoms with Crippen molar-refractivity contribution in [2.24, 2.45) is 0 Å². The van der Waals surface area contributed by atoms with E-state index >= 15 is 0 Å². The van der Waals surface area contributed by atoms with Crippen molar-refractivity contribution >= 4 is 34.3 Å². The molecule has 0 aliphatic carbocycles. The van der Waals surface area contributed by atoms with E-state index < -0.39 is 0 Å². The number of halogens is 1. The zero-order valence-electron chi connectivity index (χ0n) is 9.55. The molecule has 0 amide bonds. The summed E-state index contributed by atoms with van der Waals surface area (Å²) in [5, 5.41) is 3.06. The van der Waals surface area contributed by atoms with Crippen LogP contribution in [0.25, 0.3) is 21.1 Å². The van der Waals surface area contributed by atoms with Crippen LogP contribution in [-0.2, 0) is 0 Å². The predicted molar refractivity (Wildman–Crippen MR) is 78.4 cm³/mol. The largest absolute Gasteiger partial charge is 0.264 e. The van der Waals surface area contributed by atoms with Gasteiger partial charge in [-0.1, -0.05) is 11.6 Å². The van der Waals surface area contributed by atoms with Crippen LogP contribution in [0.5, 0.6) is 0 Å². The van der Waals surface area contributed by atoms with Gasteiger partial charge in [-0.05, 0) is 30.7 Å². The summed E-state index contributed by atoms with van der Waals surface area (Å²) in [7, 11) is 0. The van der Waals surface area contributed by atoms with Crippen LogP contribution in [0.2, 0.25) is 4.34 Å². The maximum atomic E-state index is 5.94. The van der Waals surface area contributed by atoms with Crippen molar-refractivity contribution in [2.75, 3.05) is 0 Å². The Labute approximate surface area is 118 Å². The van der Waals surface area contributed by atoms with Crippen LogP contribution >= 0.6 is 34.3 Å². The molecule has 0 bridgehead atoms. The first kappa shape index (κ1) is 11.8. The van der Waals surface area contributed by atoms with Crippen LogP contribution < -0.4 is 0 Å². The zero-order valence-corrected chi connectivity index (χ0v) is 11.9. The topological polar surface area (TPSA) is 25.8 Å². The molecule has 0 unspecified atom stereocenters. The highest BCUT2D eigenvalue weighted by Gasteiger charge is 2.10. The minimum absolute atomic E-state index is 0.789. The molecule has 0 aliphatic rings. The maximum absolute atomic E-state index is 5.94. The molecular formula is C13H9ClN2S2. The van der Waals surface area contributed by atoms with Crippen molar-refractivity contribution in [1.82, 2.24) is 9.97 Å². The van der Waals surface area contributed by atoms with Gasteiger partial charge >= 0.3 is 0 Å². The Balaban J connectivity index is 2.02. The number of aryl methyl sites for hydroxylation is 1.